The minimum absolute atomic E-state index is 0.0224. The maximum absolute atomic E-state index is 14.5. The molecular formula is C39H52N6O7. The van der Waals surface area contributed by atoms with Crippen molar-refractivity contribution in [3.63, 3.8) is 0 Å². The number of aromatic amines is 1. The first kappa shape index (κ1) is 38.4. The minimum atomic E-state index is -0.718. The molecule has 0 spiro atoms. The molecule has 1 saturated carbocycles. The van der Waals surface area contributed by atoms with E-state index in [0.29, 0.717) is 55.0 Å². The predicted molar refractivity (Wildman–Crippen MR) is 198 cm³/mol. The van der Waals surface area contributed by atoms with Crippen LogP contribution in [-0.4, -0.2) is 77.0 Å². The van der Waals surface area contributed by atoms with Crippen molar-refractivity contribution in [2.24, 2.45) is 28.6 Å². The van der Waals surface area contributed by atoms with Crippen molar-refractivity contribution in [1.82, 2.24) is 19.5 Å². The number of morpholine rings is 1. The third-order valence-electron chi connectivity index (χ3n) is 9.74. The molecule has 2 aromatic heterocycles. The molecular weight excluding hydrogens is 664 g/mol. The standard InChI is InChI=1S/C39H52N6O7/c1-22(2)18-25-19-23(3)20-26(38(4,5)6)31(25)51-35(46)29-30(40-10)34(52-37(48)44-14-16-50-17-15-44)45-33(29)42-32(43-45)24-12-13-28(49-11)27(21-24)41-36(47)39(7,8)9/h12-13,18,21,23,25-26,31H,14-17,19-20H2,1-9,11H3,(H,41,47)(H,42,43). The molecule has 1 aliphatic carbocycles. The van der Waals surface area contributed by atoms with Crippen molar-refractivity contribution < 1.29 is 33.3 Å². The molecule has 280 valence electrons. The van der Waals surface area contributed by atoms with Gasteiger partial charge in [0.1, 0.15) is 17.4 Å². The first-order chi connectivity index (χ1) is 24.4. The fourth-order valence-electron chi connectivity index (χ4n) is 6.99. The van der Waals surface area contributed by atoms with Gasteiger partial charge in [-0.25, -0.2) is 23.9 Å². The van der Waals surface area contributed by atoms with Gasteiger partial charge in [-0.1, -0.05) is 60.1 Å². The number of fused-ring (bicyclic) bond motifs is 1. The van der Waals surface area contributed by atoms with Crippen LogP contribution < -0.4 is 14.8 Å². The summed E-state index contributed by atoms with van der Waals surface area (Å²) < 4.78 is 24.6. The van der Waals surface area contributed by atoms with E-state index in [2.05, 4.69) is 49.0 Å². The number of ether oxygens (including phenoxy) is 4. The molecule has 13 nitrogen and oxygen atoms in total. The molecule has 3 heterocycles. The summed E-state index contributed by atoms with van der Waals surface area (Å²) in [5, 5.41) is 6.06. The van der Waals surface area contributed by atoms with Crippen LogP contribution in [-0.2, 0) is 14.3 Å². The number of rotatable bonds is 7. The monoisotopic (exact) mass is 716 g/mol. The number of nitrogens with zero attached hydrogens (tertiary/aromatic N) is 4. The molecule has 1 aliphatic heterocycles. The van der Waals surface area contributed by atoms with Gasteiger partial charge in [0.2, 0.25) is 11.8 Å². The van der Waals surface area contributed by atoms with Gasteiger partial charge in [0.15, 0.2) is 11.5 Å². The third kappa shape index (κ3) is 8.12. The molecule has 0 radical (unpaired) electrons. The number of hydrogen-bond acceptors (Lipinski definition) is 8. The quantitative estimate of drug-likeness (QED) is 0.143. The molecule has 5 rings (SSSR count). The van der Waals surface area contributed by atoms with Crippen LogP contribution in [0.1, 0.15) is 85.5 Å². The van der Waals surface area contributed by atoms with E-state index in [0.717, 1.165) is 18.4 Å². The Labute approximate surface area is 305 Å². The highest BCUT2D eigenvalue weighted by molar-refractivity contribution is 6.05. The van der Waals surface area contributed by atoms with Gasteiger partial charge < -0.3 is 29.2 Å². The minimum Gasteiger partial charge on any atom is -0.495 e. The van der Waals surface area contributed by atoms with E-state index in [1.807, 2.05) is 34.6 Å². The smallest absolute Gasteiger partial charge is 0.415 e. The summed E-state index contributed by atoms with van der Waals surface area (Å²) in [7, 11) is 1.51. The van der Waals surface area contributed by atoms with Crippen molar-refractivity contribution in [3.05, 3.63) is 46.8 Å². The van der Waals surface area contributed by atoms with Crippen LogP contribution in [0.25, 0.3) is 21.9 Å². The molecule has 4 unspecified atom stereocenters. The zero-order chi connectivity index (χ0) is 38.1. The van der Waals surface area contributed by atoms with Gasteiger partial charge in [-0.15, -0.1) is 0 Å². The van der Waals surface area contributed by atoms with E-state index in [1.165, 1.54) is 16.5 Å². The number of carbonyl (C=O) groups excluding carboxylic acids is 3. The van der Waals surface area contributed by atoms with Crippen LogP contribution in [0.5, 0.6) is 11.6 Å². The second kappa shape index (κ2) is 15.0. The highest BCUT2D eigenvalue weighted by Crippen LogP contribution is 2.47. The third-order valence-corrected chi connectivity index (χ3v) is 9.74. The Morgan fingerprint density at radius 1 is 1.10 bits per heavy atom. The van der Waals surface area contributed by atoms with Crippen LogP contribution in [0, 0.1) is 35.2 Å². The number of allylic oxidation sites excluding steroid dienone is 1. The second-order valence-electron chi connectivity index (χ2n) is 16.3. The number of benzene rings is 1. The number of methoxy groups -OCH3 is 1. The van der Waals surface area contributed by atoms with Crippen molar-refractivity contribution in [2.45, 2.75) is 81.3 Å². The van der Waals surface area contributed by atoms with Crippen LogP contribution in [0.3, 0.4) is 0 Å². The van der Waals surface area contributed by atoms with Crippen LogP contribution in [0.15, 0.2) is 29.8 Å². The zero-order valence-electron chi connectivity index (χ0n) is 32.0. The lowest BCUT2D eigenvalue weighted by atomic mass is 9.64. The second-order valence-corrected chi connectivity index (χ2v) is 16.3. The predicted octanol–water partition coefficient (Wildman–Crippen LogP) is 7.90. The first-order valence-electron chi connectivity index (χ1n) is 17.8. The van der Waals surface area contributed by atoms with Gasteiger partial charge in [0.05, 0.1) is 32.6 Å². The van der Waals surface area contributed by atoms with E-state index in [1.54, 1.807) is 18.2 Å². The Kier molecular flexibility index (Phi) is 11.1. The molecule has 1 saturated heterocycles. The van der Waals surface area contributed by atoms with Gasteiger partial charge in [0.25, 0.3) is 5.69 Å². The van der Waals surface area contributed by atoms with E-state index in [9.17, 15) is 14.4 Å². The molecule has 2 aliphatic rings. The summed E-state index contributed by atoms with van der Waals surface area (Å²) in [6, 6.07) is 5.15. The van der Waals surface area contributed by atoms with E-state index < -0.39 is 23.6 Å². The number of H-pyrrole nitrogens is 1. The fourth-order valence-corrected chi connectivity index (χ4v) is 6.99. The number of carbonyl (C=O) groups is 3. The lowest BCUT2D eigenvalue weighted by Crippen LogP contribution is -2.45. The van der Waals surface area contributed by atoms with Crippen molar-refractivity contribution in [1.29, 1.82) is 0 Å². The zero-order valence-corrected chi connectivity index (χ0v) is 32.0. The lowest BCUT2D eigenvalue weighted by Gasteiger charge is -2.45. The molecule has 2 fully saturated rings. The molecule has 13 heteroatoms. The average molecular weight is 717 g/mol. The Hall–Kier alpha value is -4.83. The van der Waals surface area contributed by atoms with Crippen LogP contribution >= 0.6 is 0 Å². The van der Waals surface area contributed by atoms with Gasteiger partial charge in [0, 0.05) is 35.9 Å². The summed E-state index contributed by atoms with van der Waals surface area (Å²) in [6.45, 7) is 27.7. The van der Waals surface area contributed by atoms with Gasteiger partial charge in [-0.2, -0.15) is 0 Å². The molecule has 2 amide bonds. The number of nitrogens with one attached hydrogen (secondary N) is 2. The van der Waals surface area contributed by atoms with Crippen molar-refractivity contribution in [2.75, 3.05) is 38.7 Å². The number of hydrogen-bond donors (Lipinski definition) is 2. The Bertz CT molecular complexity index is 1890. The average Bonchev–Trinajstić information content (AvgIpc) is 3.62. The summed E-state index contributed by atoms with van der Waals surface area (Å²) >= 11 is 0. The highest BCUT2D eigenvalue weighted by Gasteiger charge is 2.44. The molecule has 0 bridgehead atoms. The van der Waals surface area contributed by atoms with Crippen LogP contribution in [0.4, 0.5) is 16.2 Å². The van der Waals surface area contributed by atoms with E-state index in [-0.39, 0.29) is 45.9 Å². The Morgan fingerprint density at radius 2 is 1.79 bits per heavy atom. The SMILES string of the molecule is [C-]#[N+]c1c(C(=O)OC2C(C=C(C)C)CC(C)CC2C(C)(C)C)c2nc(-c3ccc(OC)c(NC(=O)C(C)(C)C)c3)[nH]n2c1OC(=O)N1CCOCC1. The molecule has 2 N–H and O–H groups in total. The van der Waals surface area contributed by atoms with Gasteiger partial charge >= 0.3 is 12.1 Å². The van der Waals surface area contributed by atoms with Gasteiger partial charge in [-0.3, -0.25) is 9.89 Å². The highest BCUT2D eigenvalue weighted by atomic mass is 16.6. The maximum atomic E-state index is 14.5. The molecule has 3 aromatic rings. The summed E-state index contributed by atoms with van der Waals surface area (Å²) in [6.07, 6.45) is 2.78. The number of anilines is 1. The molecule has 4 atom stereocenters. The summed E-state index contributed by atoms with van der Waals surface area (Å²) in [5.74, 6) is 0.0890. The number of amides is 2. The van der Waals surface area contributed by atoms with Gasteiger partial charge in [-0.05, 0) is 56.2 Å². The lowest BCUT2D eigenvalue weighted by molar-refractivity contribution is -0.123. The normalized spacial score (nSPS) is 20.9. The maximum Gasteiger partial charge on any atom is 0.415 e. The number of aromatic nitrogens is 3. The topological polar surface area (TPSA) is 141 Å². The van der Waals surface area contributed by atoms with Crippen molar-refractivity contribution >= 4 is 35.0 Å². The van der Waals surface area contributed by atoms with Crippen molar-refractivity contribution in [3.8, 4) is 23.0 Å². The van der Waals surface area contributed by atoms with E-state index in [4.69, 9.17) is 30.5 Å². The van der Waals surface area contributed by atoms with E-state index >= 15 is 0 Å². The Morgan fingerprint density at radius 3 is 2.38 bits per heavy atom. The summed E-state index contributed by atoms with van der Waals surface area (Å²) in [4.78, 5) is 50.8. The Balaban J connectivity index is 1.63. The number of esters is 1. The largest absolute Gasteiger partial charge is 0.495 e. The van der Waals surface area contributed by atoms with Crippen LogP contribution in [0.2, 0.25) is 0 Å². The fraction of sp³-hybridized carbons (Fsp3) is 0.564. The molecule has 52 heavy (non-hydrogen) atoms. The first-order valence-corrected chi connectivity index (χ1v) is 17.8. The molecule has 1 aromatic carbocycles. The summed E-state index contributed by atoms with van der Waals surface area (Å²) in [5.41, 5.74) is 1.06.